The zero-order chi connectivity index (χ0) is 14.8. The molecule has 0 unspecified atom stereocenters. The first kappa shape index (κ1) is 13.9. The Morgan fingerprint density at radius 1 is 1.05 bits per heavy atom. The van der Waals surface area contributed by atoms with Gasteiger partial charge in [0.15, 0.2) is 17.5 Å². The fourth-order valence-corrected chi connectivity index (χ4v) is 2.73. The predicted molar refractivity (Wildman–Crippen MR) is 76.4 cm³/mol. The van der Waals surface area contributed by atoms with E-state index in [0.717, 1.165) is 30.7 Å². The number of hydrazine groups is 1. The summed E-state index contributed by atoms with van der Waals surface area (Å²) >= 11 is 0. The smallest absolute Gasteiger partial charge is 0.161 e. The molecule has 0 radical (unpaired) electrons. The van der Waals surface area contributed by atoms with Gasteiger partial charge < -0.3 is 5.43 Å². The zero-order valence-corrected chi connectivity index (χ0v) is 11.4. The molecule has 0 saturated heterocycles. The van der Waals surface area contributed by atoms with Crippen LogP contribution in [0.25, 0.3) is 11.4 Å². The Morgan fingerprint density at radius 2 is 1.81 bits per heavy atom. The maximum Gasteiger partial charge on any atom is 0.161 e. The SMILES string of the molecule is NNc1cc(C2CCCC2)nc(-c2ccc(F)c(F)c2)n1. The van der Waals surface area contributed by atoms with Crippen molar-refractivity contribution in [1.29, 1.82) is 0 Å². The molecule has 6 heteroatoms. The van der Waals surface area contributed by atoms with Crippen LogP contribution in [-0.2, 0) is 0 Å². The Labute approximate surface area is 121 Å². The van der Waals surface area contributed by atoms with Crippen LogP contribution in [0.3, 0.4) is 0 Å². The number of hydrogen-bond acceptors (Lipinski definition) is 4. The van der Waals surface area contributed by atoms with Crippen molar-refractivity contribution >= 4 is 5.82 Å². The second kappa shape index (κ2) is 5.73. The van der Waals surface area contributed by atoms with Gasteiger partial charge in [-0.15, -0.1) is 0 Å². The topological polar surface area (TPSA) is 63.8 Å². The second-order valence-electron chi connectivity index (χ2n) is 5.26. The van der Waals surface area contributed by atoms with Crippen LogP contribution in [0.4, 0.5) is 14.6 Å². The van der Waals surface area contributed by atoms with Gasteiger partial charge in [0.25, 0.3) is 0 Å². The lowest BCUT2D eigenvalue weighted by Crippen LogP contribution is -2.11. The molecule has 0 atom stereocenters. The average Bonchev–Trinajstić information content (AvgIpc) is 3.04. The van der Waals surface area contributed by atoms with Crippen molar-refractivity contribution in [2.45, 2.75) is 31.6 Å². The van der Waals surface area contributed by atoms with Gasteiger partial charge in [0.05, 0.1) is 0 Å². The average molecular weight is 290 g/mol. The predicted octanol–water partition coefficient (Wildman–Crippen LogP) is 3.37. The molecule has 1 aromatic heterocycles. The highest BCUT2D eigenvalue weighted by atomic mass is 19.2. The largest absolute Gasteiger partial charge is 0.308 e. The summed E-state index contributed by atoms with van der Waals surface area (Å²) in [6.07, 6.45) is 4.53. The number of nitrogen functional groups attached to an aromatic ring is 1. The molecule has 0 bridgehead atoms. The normalized spacial score (nSPS) is 15.4. The molecule has 1 aliphatic carbocycles. The van der Waals surface area contributed by atoms with Crippen molar-refractivity contribution in [3.63, 3.8) is 0 Å². The highest BCUT2D eigenvalue weighted by Crippen LogP contribution is 2.34. The monoisotopic (exact) mass is 290 g/mol. The first-order chi connectivity index (χ1) is 10.2. The van der Waals surface area contributed by atoms with E-state index in [9.17, 15) is 8.78 Å². The van der Waals surface area contributed by atoms with E-state index in [-0.39, 0.29) is 0 Å². The third-order valence-corrected chi connectivity index (χ3v) is 3.85. The lowest BCUT2D eigenvalue weighted by Gasteiger charge is -2.12. The summed E-state index contributed by atoms with van der Waals surface area (Å²) in [5, 5.41) is 0. The molecule has 3 rings (SSSR count). The highest BCUT2D eigenvalue weighted by Gasteiger charge is 2.20. The van der Waals surface area contributed by atoms with E-state index in [4.69, 9.17) is 5.84 Å². The summed E-state index contributed by atoms with van der Waals surface area (Å²) in [7, 11) is 0. The van der Waals surface area contributed by atoms with E-state index in [1.54, 1.807) is 0 Å². The van der Waals surface area contributed by atoms with Crippen molar-refractivity contribution in [2.24, 2.45) is 5.84 Å². The summed E-state index contributed by atoms with van der Waals surface area (Å²) in [6.45, 7) is 0. The molecule has 4 nitrogen and oxygen atoms in total. The van der Waals surface area contributed by atoms with Crippen LogP contribution in [0, 0.1) is 11.6 Å². The van der Waals surface area contributed by atoms with E-state index in [2.05, 4.69) is 15.4 Å². The summed E-state index contributed by atoms with van der Waals surface area (Å²) in [5.74, 6) is 4.86. The number of anilines is 1. The van der Waals surface area contributed by atoms with Gasteiger partial charge in [0.2, 0.25) is 0 Å². The molecule has 110 valence electrons. The Kier molecular flexibility index (Phi) is 3.79. The van der Waals surface area contributed by atoms with Crippen LogP contribution in [0.1, 0.15) is 37.3 Å². The molecule has 1 heterocycles. The first-order valence-electron chi connectivity index (χ1n) is 6.98. The number of nitrogens with zero attached hydrogens (tertiary/aromatic N) is 2. The van der Waals surface area contributed by atoms with Crippen LogP contribution in [0.5, 0.6) is 0 Å². The van der Waals surface area contributed by atoms with Crippen molar-refractivity contribution in [1.82, 2.24) is 9.97 Å². The first-order valence-corrected chi connectivity index (χ1v) is 6.98. The fraction of sp³-hybridized carbons (Fsp3) is 0.333. The quantitative estimate of drug-likeness (QED) is 0.672. The number of nitrogens with one attached hydrogen (secondary N) is 1. The van der Waals surface area contributed by atoms with Crippen molar-refractivity contribution in [3.8, 4) is 11.4 Å². The van der Waals surface area contributed by atoms with Crippen molar-refractivity contribution in [3.05, 3.63) is 41.6 Å². The van der Waals surface area contributed by atoms with Gasteiger partial charge in [-0.05, 0) is 31.0 Å². The van der Waals surface area contributed by atoms with E-state index >= 15 is 0 Å². The zero-order valence-electron chi connectivity index (χ0n) is 11.4. The van der Waals surface area contributed by atoms with Gasteiger partial charge in [-0.2, -0.15) is 0 Å². The maximum atomic E-state index is 13.4. The number of halogens is 2. The molecule has 0 aliphatic heterocycles. The van der Waals surface area contributed by atoms with Gasteiger partial charge in [0, 0.05) is 23.2 Å². The number of benzene rings is 1. The van der Waals surface area contributed by atoms with E-state index in [1.807, 2.05) is 6.07 Å². The van der Waals surface area contributed by atoms with E-state index in [1.165, 1.54) is 18.9 Å². The minimum absolute atomic E-state index is 0.353. The molecule has 3 N–H and O–H groups in total. The van der Waals surface area contributed by atoms with Crippen molar-refractivity contribution in [2.75, 3.05) is 5.43 Å². The molecule has 2 aromatic rings. The van der Waals surface area contributed by atoms with E-state index in [0.29, 0.717) is 23.1 Å². The maximum absolute atomic E-state index is 13.4. The van der Waals surface area contributed by atoms with Gasteiger partial charge >= 0.3 is 0 Å². The molecule has 0 spiro atoms. The van der Waals surface area contributed by atoms with Gasteiger partial charge in [-0.3, -0.25) is 0 Å². The Hall–Kier alpha value is -2.08. The highest BCUT2D eigenvalue weighted by molar-refractivity contribution is 5.57. The third-order valence-electron chi connectivity index (χ3n) is 3.85. The van der Waals surface area contributed by atoms with Gasteiger partial charge in [-0.1, -0.05) is 12.8 Å². The molecule has 0 amide bonds. The minimum atomic E-state index is -0.912. The van der Waals surface area contributed by atoms with Crippen LogP contribution < -0.4 is 11.3 Å². The second-order valence-corrected chi connectivity index (χ2v) is 5.26. The van der Waals surface area contributed by atoms with Gasteiger partial charge in [0.1, 0.15) is 5.82 Å². The lowest BCUT2D eigenvalue weighted by molar-refractivity contribution is 0.509. The third kappa shape index (κ3) is 2.85. The lowest BCUT2D eigenvalue weighted by atomic mass is 10.0. The standard InChI is InChI=1S/C15H16F2N4/c16-11-6-5-10(7-12(11)17)15-19-13(8-14(20-15)21-18)9-3-1-2-4-9/h5-9H,1-4,18H2,(H,19,20,21). The molecule has 1 aliphatic rings. The van der Waals surface area contributed by atoms with Crippen LogP contribution in [0.2, 0.25) is 0 Å². The minimum Gasteiger partial charge on any atom is -0.308 e. The Morgan fingerprint density at radius 3 is 2.48 bits per heavy atom. The molecule has 1 fully saturated rings. The van der Waals surface area contributed by atoms with Crippen LogP contribution in [0.15, 0.2) is 24.3 Å². The summed E-state index contributed by atoms with van der Waals surface area (Å²) in [5.41, 5.74) is 3.84. The Balaban J connectivity index is 2.04. The summed E-state index contributed by atoms with van der Waals surface area (Å²) in [4.78, 5) is 8.74. The Bertz CT molecular complexity index is 654. The molecule has 21 heavy (non-hydrogen) atoms. The number of rotatable bonds is 3. The summed E-state index contributed by atoms with van der Waals surface area (Å²) in [6, 6.07) is 5.46. The van der Waals surface area contributed by atoms with Crippen LogP contribution in [-0.4, -0.2) is 9.97 Å². The van der Waals surface area contributed by atoms with Gasteiger partial charge in [-0.25, -0.2) is 24.6 Å². The van der Waals surface area contributed by atoms with Crippen LogP contribution >= 0.6 is 0 Å². The molecule has 1 aromatic carbocycles. The van der Waals surface area contributed by atoms with E-state index < -0.39 is 11.6 Å². The number of aromatic nitrogens is 2. The summed E-state index contributed by atoms with van der Waals surface area (Å²) < 4.78 is 26.4. The van der Waals surface area contributed by atoms with Crippen molar-refractivity contribution < 1.29 is 8.78 Å². The molecular formula is C15H16F2N4. The fourth-order valence-electron chi connectivity index (χ4n) is 2.73. The number of nitrogens with two attached hydrogens (primary N) is 1. The molecular weight excluding hydrogens is 274 g/mol. The number of hydrogen-bond donors (Lipinski definition) is 2. The molecule has 1 saturated carbocycles.